The minimum Gasteiger partial charge on any atom is -0.496 e. The van der Waals surface area contributed by atoms with Gasteiger partial charge in [-0.3, -0.25) is 4.79 Å². The van der Waals surface area contributed by atoms with Crippen molar-refractivity contribution in [3.8, 4) is 5.75 Å². The highest BCUT2D eigenvalue weighted by atomic mass is 19.1. The van der Waals surface area contributed by atoms with E-state index in [4.69, 9.17) is 4.74 Å². The summed E-state index contributed by atoms with van der Waals surface area (Å²) < 4.78 is 18.9. The number of likely N-dealkylation sites (tertiary alicyclic amines) is 2. The summed E-state index contributed by atoms with van der Waals surface area (Å²) in [5, 5.41) is 10.1. The first-order chi connectivity index (χ1) is 15.7. The number of carbonyl (C=O) groups is 1. The van der Waals surface area contributed by atoms with Crippen molar-refractivity contribution < 1.29 is 19.0 Å². The molecule has 2 aliphatic rings. The van der Waals surface area contributed by atoms with Crippen LogP contribution < -0.4 is 4.74 Å². The normalized spacial score (nSPS) is 20.0. The molecule has 2 fully saturated rings. The summed E-state index contributed by atoms with van der Waals surface area (Å²) >= 11 is 0. The Bertz CT molecular complexity index is 927. The maximum absolute atomic E-state index is 13.5. The van der Waals surface area contributed by atoms with E-state index in [2.05, 4.69) is 18.1 Å². The van der Waals surface area contributed by atoms with Gasteiger partial charge in [0.25, 0.3) is 5.91 Å². The molecule has 1 atom stereocenters. The number of halogens is 1. The number of allylic oxidation sites excluding steroid dienone is 2. The van der Waals surface area contributed by atoms with Crippen LogP contribution >= 0.6 is 0 Å². The Morgan fingerprint density at radius 2 is 1.91 bits per heavy atom. The van der Waals surface area contributed by atoms with Crippen molar-refractivity contribution in [2.24, 2.45) is 5.92 Å². The van der Waals surface area contributed by atoms with Gasteiger partial charge >= 0.3 is 0 Å². The quantitative estimate of drug-likeness (QED) is 0.600. The van der Waals surface area contributed by atoms with E-state index in [1.165, 1.54) is 12.1 Å². The molecule has 2 heterocycles. The third-order valence-corrected chi connectivity index (χ3v) is 6.97. The summed E-state index contributed by atoms with van der Waals surface area (Å²) in [4.78, 5) is 17.2. The number of nitrogens with zero attached hydrogens (tertiary/aromatic N) is 2. The van der Waals surface area contributed by atoms with Gasteiger partial charge in [-0.05, 0) is 82.7 Å². The Kier molecular flexibility index (Phi) is 8.49. The molecule has 1 N–H and O–H groups in total. The highest BCUT2D eigenvalue weighted by Gasteiger charge is 2.29. The van der Waals surface area contributed by atoms with E-state index >= 15 is 0 Å². The van der Waals surface area contributed by atoms with Crippen molar-refractivity contribution in [3.63, 3.8) is 0 Å². The predicted octanol–water partition coefficient (Wildman–Crippen LogP) is 4.78. The molecular formula is C27H37FN2O3. The molecule has 3 rings (SSSR count). The maximum Gasteiger partial charge on any atom is 0.253 e. The van der Waals surface area contributed by atoms with Crippen molar-refractivity contribution in [2.75, 3.05) is 33.3 Å². The lowest BCUT2D eigenvalue weighted by molar-refractivity contribution is -0.127. The van der Waals surface area contributed by atoms with Crippen LogP contribution in [-0.4, -0.2) is 60.2 Å². The smallest absolute Gasteiger partial charge is 0.253 e. The van der Waals surface area contributed by atoms with Crippen molar-refractivity contribution in [1.29, 1.82) is 0 Å². The Labute approximate surface area is 197 Å². The van der Waals surface area contributed by atoms with E-state index in [1.807, 2.05) is 13.8 Å². The molecule has 2 aliphatic heterocycles. The Balaban J connectivity index is 1.56. The topological polar surface area (TPSA) is 53.0 Å². The van der Waals surface area contributed by atoms with E-state index in [0.717, 1.165) is 61.2 Å². The van der Waals surface area contributed by atoms with Crippen LogP contribution in [-0.2, 0) is 4.79 Å². The second-order valence-electron chi connectivity index (χ2n) is 9.32. The van der Waals surface area contributed by atoms with Crippen molar-refractivity contribution in [1.82, 2.24) is 9.80 Å². The summed E-state index contributed by atoms with van der Waals surface area (Å²) in [6, 6.07) is 4.61. The number of aliphatic hydroxyl groups excluding tert-OH is 1. The molecule has 33 heavy (non-hydrogen) atoms. The number of rotatable bonds is 7. The molecule has 1 aromatic rings. The Hall–Kier alpha value is -2.44. The number of piperidine rings is 2. The van der Waals surface area contributed by atoms with Crippen LogP contribution in [0, 0.1) is 11.7 Å². The molecule has 0 radical (unpaired) electrons. The van der Waals surface area contributed by atoms with Gasteiger partial charge in [-0.1, -0.05) is 18.7 Å². The minimum atomic E-state index is -0.632. The Morgan fingerprint density at radius 3 is 2.55 bits per heavy atom. The zero-order valence-corrected chi connectivity index (χ0v) is 20.2. The number of amides is 1. The van der Waals surface area contributed by atoms with Gasteiger partial charge in [0.2, 0.25) is 0 Å². The van der Waals surface area contributed by atoms with Gasteiger partial charge in [0.15, 0.2) is 0 Å². The molecule has 6 heteroatoms. The molecule has 5 nitrogen and oxygen atoms in total. The first-order valence-electron chi connectivity index (χ1n) is 11.8. The van der Waals surface area contributed by atoms with Crippen LogP contribution in [0.2, 0.25) is 0 Å². The average Bonchev–Trinajstić information content (AvgIpc) is 2.80. The van der Waals surface area contributed by atoms with Gasteiger partial charge in [0.1, 0.15) is 11.6 Å². The fourth-order valence-corrected chi connectivity index (χ4v) is 4.82. The Morgan fingerprint density at radius 1 is 1.21 bits per heavy atom. The third kappa shape index (κ3) is 5.92. The van der Waals surface area contributed by atoms with Gasteiger partial charge in [-0.2, -0.15) is 0 Å². The SMILES string of the molecule is C=C(c1ccc(F)cc1OC)C1CCN(CCC(C(=O)N2CCCC(O)C2=C)=C(C)C)CC1. The number of ether oxygens (including phenoxy) is 1. The lowest BCUT2D eigenvalue weighted by atomic mass is 9.85. The number of hydrogen-bond acceptors (Lipinski definition) is 4. The summed E-state index contributed by atoms with van der Waals surface area (Å²) in [7, 11) is 1.55. The number of methoxy groups -OCH3 is 1. The summed E-state index contributed by atoms with van der Waals surface area (Å²) in [5.41, 5.74) is 4.21. The molecule has 180 valence electrons. The fourth-order valence-electron chi connectivity index (χ4n) is 4.82. The maximum atomic E-state index is 13.5. The van der Waals surface area contributed by atoms with Gasteiger partial charge < -0.3 is 19.6 Å². The van der Waals surface area contributed by atoms with Crippen LogP contribution in [0.25, 0.3) is 5.57 Å². The molecule has 0 bridgehead atoms. The van der Waals surface area contributed by atoms with E-state index in [0.29, 0.717) is 36.8 Å². The highest BCUT2D eigenvalue weighted by molar-refractivity contribution is 5.95. The second kappa shape index (κ2) is 11.1. The monoisotopic (exact) mass is 456 g/mol. The van der Waals surface area contributed by atoms with Crippen LogP contribution in [0.1, 0.15) is 51.5 Å². The molecule has 1 unspecified atom stereocenters. The fraction of sp³-hybridized carbons (Fsp3) is 0.519. The molecule has 0 saturated carbocycles. The summed E-state index contributed by atoms with van der Waals surface area (Å²) in [6.07, 6.45) is 3.43. The molecule has 0 spiro atoms. The van der Waals surface area contributed by atoms with Gasteiger partial charge in [-0.25, -0.2) is 4.39 Å². The number of hydrogen-bond donors (Lipinski definition) is 1. The van der Waals surface area contributed by atoms with E-state index in [9.17, 15) is 14.3 Å². The zero-order chi connectivity index (χ0) is 24.1. The lowest BCUT2D eigenvalue weighted by Crippen LogP contribution is -2.41. The highest BCUT2D eigenvalue weighted by Crippen LogP contribution is 2.35. The molecule has 0 aromatic heterocycles. The molecule has 0 aliphatic carbocycles. The molecule has 1 aromatic carbocycles. The van der Waals surface area contributed by atoms with Gasteiger partial charge in [0, 0.05) is 36.0 Å². The largest absolute Gasteiger partial charge is 0.496 e. The van der Waals surface area contributed by atoms with Gasteiger partial charge in [0.05, 0.1) is 13.2 Å². The van der Waals surface area contributed by atoms with Crippen LogP contribution in [0.15, 0.2) is 48.2 Å². The van der Waals surface area contributed by atoms with E-state index in [-0.39, 0.29) is 11.7 Å². The molecule has 1 amide bonds. The van der Waals surface area contributed by atoms with Crippen LogP contribution in [0.5, 0.6) is 5.75 Å². The lowest BCUT2D eigenvalue weighted by Gasteiger charge is -2.35. The first-order valence-corrected chi connectivity index (χ1v) is 11.8. The molecular weight excluding hydrogens is 419 g/mol. The predicted molar refractivity (Wildman–Crippen MR) is 130 cm³/mol. The third-order valence-electron chi connectivity index (χ3n) is 6.97. The van der Waals surface area contributed by atoms with Crippen molar-refractivity contribution in [3.05, 3.63) is 59.6 Å². The number of benzene rings is 1. The second-order valence-corrected chi connectivity index (χ2v) is 9.32. The van der Waals surface area contributed by atoms with Crippen LogP contribution in [0.3, 0.4) is 0 Å². The zero-order valence-electron chi connectivity index (χ0n) is 20.2. The van der Waals surface area contributed by atoms with Gasteiger partial charge in [-0.15, -0.1) is 0 Å². The minimum absolute atomic E-state index is 0.0228. The van der Waals surface area contributed by atoms with Crippen LogP contribution in [0.4, 0.5) is 4.39 Å². The van der Waals surface area contributed by atoms with E-state index in [1.54, 1.807) is 18.1 Å². The van der Waals surface area contributed by atoms with E-state index < -0.39 is 6.10 Å². The number of aliphatic hydroxyl groups is 1. The molecule has 2 saturated heterocycles. The number of carbonyl (C=O) groups excluding carboxylic acids is 1. The summed E-state index contributed by atoms with van der Waals surface area (Å²) in [5.74, 6) is 0.512. The first kappa shape index (κ1) is 25.2. The average molecular weight is 457 g/mol. The van der Waals surface area contributed by atoms with Crippen molar-refractivity contribution in [2.45, 2.75) is 52.1 Å². The standard InChI is InChI=1S/C27H37FN2O3/c1-18(2)23(27(32)30-13-6-7-25(31)20(30)4)12-16-29-14-10-21(11-15-29)19(3)24-9-8-22(28)17-26(24)33-5/h8-9,17,21,25,31H,3-4,6-7,10-16H2,1-2,5H3. The summed E-state index contributed by atoms with van der Waals surface area (Å²) in [6.45, 7) is 15.5. The van der Waals surface area contributed by atoms with Crippen molar-refractivity contribution >= 4 is 11.5 Å².